The molecule has 0 fully saturated rings. The summed E-state index contributed by atoms with van der Waals surface area (Å²) >= 11 is 0. The lowest BCUT2D eigenvalue weighted by Gasteiger charge is -2.38. The van der Waals surface area contributed by atoms with Crippen molar-refractivity contribution >= 4 is 0 Å². The third-order valence-electron chi connectivity index (χ3n) is 7.17. The van der Waals surface area contributed by atoms with Crippen LogP contribution in [-0.4, -0.2) is 11.2 Å². The van der Waals surface area contributed by atoms with Gasteiger partial charge in [-0.25, -0.2) is 0 Å². The van der Waals surface area contributed by atoms with Gasteiger partial charge in [0.25, 0.3) is 0 Å². The Morgan fingerprint density at radius 1 is 0.732 bits per heavy atom. The molecule has 1 rings (SSSR count). The van der Waals surface area contributed by atoms with Gasteiger partial charge in [0.15, 0.2) is 0 Å². The van der Waals surface area contributed by atoms with E-state index in [0.717, 1.165) is 19.3 Å². The summed E-state index contributed by atoms with van der Waals surface area (Å²) in [6.45, 7) is 21.6. The lowest BCUT2D eigenvalue weighted by molar-refractivity contribution is 0.117. The predicted molar refractivity (Wildman–Crippen MR) is 185 cm³/mol. The first-order chi connectivity index (χ1) is 19.3. The monoisotopic (exact) mass is 552 g/mol. The van der Waals surface area contributed by atoms with Crippen molar-refractivity contribution in [1.82, 2.24) is 0 Å². The summed E-state index contributed by atoms with van der Waals surface area (Å²) in [5.74, 6) is 0.354. The molecule has 1 aliphatic rings. The molecule has 1 aliphatic carbocycles. The van der Waals surface area contributed by atoms with E-state index in [1.54, 1.807) is 0 Å². The highest BCUT2D eigenvalue weighted by Gasteiger charge is 2.34. The zero-order valence-corrected chi connectivity index (χ0v) is 27.5. The second-order valence-electron chi connectivity index (χ2n) is 12.4. The van der Waals surface area contributed by atoms with Crippen LogP contribution in [0.2, 0.25) is 0 Å². The molecule has 1 heteroatoms. The minimum absolute atomic E-state index is 0.0635. The number of hydrogen-bond acceptors (Lipinski definition) is 1. The van der Waals surface area contributed by atoms with Gasteiger partial charge in [0.05, 0.1) is 6.10 Å². The fourth-order valence-corrected chi connectivity index (χ4v) is 4.78. The minimum Gasteiger partial charge on any atom is -0.389 e. The summed E-state index contributed by atoms with van der Waals surface area (Å²) in [5, 5.41) is 10.1. The van der Waals surface area contributed by atoms with Crippen molar-refractivity contribution in [3.8, 4) is 0 Å². The van der Waals surface area contributed by atoms with E-state index in [1.807, 2.05) is 6.08 Å². The molecule has 0 radical (unpaired) electrons. The van der Waals surface area contributed by atoms with Gasteiger partial charge in [0.2, 0.25) is 0 Å². The van der Waals surface area contributed by atoms with E-state index in [0.29, 0.717) is 5.92 Å². The molecule has 0 amide bonds. The standard InChI is InChI=1S/C40H56O/c1-31(2)17-13-20-34(5)23-15-25-35(6)24-14-21-32(3)18-11-12-19-33(4)22-16-26-36(7)27-28-39-37(8)29-38(41)30-40(39,9)10/h11-12,14-19,21-29,38-39,41H,13,20,30H2,1-10H3/b12-11+,21-14+,22-16+,25-15+,28-27+,32-18+,33-19+,34-23+,35-24+,36-26+. The van der Waals surface area contributed by atoms with Crippen LogP contribution in [0.25, 0.3) is 0 Å². The number of aliphatic hydroxyl groups is 1. The van der Waals surface area contributed by atoms with Crippen LogP contribution in [0.15, 0.2) is 142 Å². The van der Waals surface area contributed by atoms with Gasteiger partial charge < -0.3 is 5.11 Å². The van der Waals surface area contributed by atoms with Crippen LogP contribution in [-0.2, 0) is 0 Å². The Hall–Kier alpha value is -3.16. The smallest absolute Gasteiger partial charge is 0.0729 e. The van der Waals surface area contributed by atoms with Gasteiger partial charge >= 0.3 is 0 Å². The third kappa shape index (κ3) is 16.6. The molecule has 2 unspecified atom stereocenters. The van der Waals surface area contributed by atoms with E-state index >= 15 is 0 Å². The van der Waals surface area contributed by atoms with Crippen LogP contribution in [0.1, 0.15) is 88.5 Å². The second-order valence-corrected chi connectivity index (χ2v) is 12.4. The highest BCUT2D eigenvalue weighted by atomic mass is 16.3. The maximum atomic E-state index is 10.1. The van der Waals surface area contributed by atoms with Gasteiger partial charge in [-0.15, -0.1) is 0 Å². The van der Waals surface area contributed by atoms with Gasteiger partial charge in [0, 0.05) is 5.92 Å². The summed E-state index contributed by atoms with van der Waals surface area (Å²) in [7, 11) is 0. The molecule has 0 aromatic carbocycles. The first-order valence-electron chi connectivity index (χ1n) is 15.0. The maximum Gasteiger partial charge on any atom is 0.0729 e. The Bertz CT molecular complexity index is 1200. The molecule has 1 N–H and O–H groups in total. The molecular weight excluding hydrogens is 496 g/mol. The van der Waals surface area contributed by atoms with Crippen molar-refractivity contribution < 1.29 is 5.11 Å². The van der Waals surface area contributed by atoms with Gasteiger partial charge in [-0.2, -0.15) is 0 Å². The second kappa shape index (κ2) is 19.1. The number of allylic oxidation sites excluding steroid dienone is 23. The van der Waals surface area contributed by atoms with Crippen molar-refractivity contribution in [1.29, 1.82) is 0 Å². The number of aliphatic hydroxyl groups excluding tert-OH is 1. The van der Waals surface area contributed by atoms with Crippen molar-refractivity contribution in [2.45, 2.75) is 94.6 Å². The predicted octanol–water partition coefficient (Wildman–Crippen LogP) is 11.6. The van der Waals surface area contributed by atoms with Crippen LogP contribution in [0, 0.1) is 11.3 Å². The fraction of sp³-hybridized carbons (Fsp3) is 0.400. The van der Waals surface area contributed by atoms with Crippen molar-refractivity contribution in [3.05, 3.63) is 142 Å². The Balaban J connectivity index is 2.59. The highest BCUT2D eigenvalue weighted by molar-refractivity contribution is 5.33. The lowest BCUT2D eigenvalue weighted by Crippen LogP contribution is -2.32. The molecule has 0 aromatic heterocycles. The zero-order chi connectivity index (χ0) is 30.8. The summed E-state index contributed by atoms with van der Waals surface area (Å²) in [6.07, 6.45) is 39.1. The lowest BCUT2D eigenvalue weighted by atomic mass is 9.67. The molecule has 0 aliphatic heterocycles. The molecule has 0 saturated heterocycles. The van der Waals surface area contributed by atoms with E-state index in [1.165, 1.54) is 39.0 Å². The molecule has 1 nitrogen and oxygen atoms in total. The van der Waals surface area contributed by atoms with Gasteiger partial charge in [-0.1, -0.05) is 156 Å². The van der Waals surface area contributed by atoms with E-state index in [9.17, 15) is 5.11 Å². The number of hydrogen-bond donors (Lipinski definition) is 1. The van der Waals surface area contributed by atoms with Crippen LogP contribution in [0.5, 0.6) is 0 Å². The van der Waals surface area contributed by atoms with Gasteiger partial charge in [-0.3, -0.25) is 0 Å². The molecule has 2 atom stereocenters. The van der Waals surface area contributed by atoms with Gasteiger partial charge in [0.1, 0.15) is 0 Å². The summed E-state index contributed by atoms with van der Waals surface area (Å²) < 4.78 is 0. The summed E-state index contributed by atoms with van der Waals surface area (Å²) in [4.78, 5) is 0. The Labute approximate surface area is 252 Å². The maximum absolute atomic E-state index is 10.1. The molecule has 0 spiro atoms. The van der Waals surface area contributed by atoms with Crippen LogP contribution < -0.4 is 0 Å². The first-order valence-corrected chi connectivity index (χ1v) is 15.0. The van der Waals surface area contributed by atoms with Crippen LogP contribution in [0.4, 0.5) is 0 Å². The molecule has 0 heterocycles. The molecular formula is C40H56O. The first kappa shape index (κ1) is 35.9. The topological polar surface area (TPSA) is 20.2 Å². The Kier molecular flexibility index (Phi) is 16.7. The molecule has 0 saturated carbocycles. The van der Waals surface area contributed by atoms with E-state index in [-0.39, 0.29) is 11.5 Å². The minimum atomic E-state index is -0.326. The van der Waals surface area contributed by atoms with Gasteiger partial charge in [-0.05, 0) is 80.1 Å². The van der Waals surface area contributed by atoms with Crippen molar-refractivity contribution in [2.75, 3.05) is 0 Å². The summed E-state index contributed by atoms with van der Waals surface area (Å²) in [5.41, 5.74) is 8.95. The van der Waals surface area contributed by atoms with Crippen molar-refractivity contribution in [3.63, 3.8) is 0 Å². The van der Waals surface area contributed by atoms with Crippen molar-refractivity contribution in [2.24, 2.45) is 11.3 Å². The highest BCUT2D eigenvalue weighted by Crippen LogP contribution is 2.41. The average molecular weight is 553 g/mol. The largest absolute Gasteiger partial charge is 0.389 e. The Morgan fingerprint density at radius 3 is 1.68 bits per heavy atom. The fourth-order valence-electron chi connectivity index (χ4n) is 4.78. The average Bonchev–Trinajstić information content (AvgIpc) is 2.85. The van der Waals surface area contributed by atoms with E-state index in [2.05, 4.69) is 166 Å². The summed E-state index contributed by atoms with van der Waals surface area (Å²) in [6, 6.07) is 0. The number of rotatable bonds is 13. The molecule has 41 heavy (non-hydrogen) atoms. The SMILES string of the molecule is CC(C)=CCC/C(C)=C/C=C/C(C)=C/C=C/C(C)=C/C=C/C=C(C)/C=C/C=C(C)/C=C/C1C(C)=CC(O)CC1(C)C. The van der Waals surface area contributed by atoms with E-state index in [4.69, 9.17) is 0 Å². The van der Waals surface area contributed by atoms with E-state index < -0.39 is 0 Å². The molecule has 0 bridgehead atoms. The quantitative estimate of drug-likeness (QED) is 0.178. The Morgan fingerprint density at radius 2 is 1.20 bits per heavy atom. The van der Waals surface area contributed by atoms with Crippen LogP contribution in [0.3, 0.4) is 0 Å². The zero-order valence-electron chi connectivity index (χ0n) is 27.5. The normalized spacial score (nSPS) is 21.7. The third-order valence-corrected chi connectivity index (χ3v) is 7.17. The van der Waals surface area contributed by atoms with Crippen LogP contribution >= 0.6 is 0 Å². The molecule has 0 aromatic rings. The molecule has 222 valence electrons.